The summed E-state index contributed by atoms with van der Waals surface area (Å²) in [5.41, 5.74) is 8.63. The van der Waals surface area contributed by atoms with Gasteiger partial charge < -0.3 is 11.1 Å². The largest absolute Gasteiger partial charge is 0.400 e. The first-order valence-electron chi connectivity index (χ1n) is 13.1. The number of nitrogens with one attached hydrogen (secondary N) is 2. The molecule has 1 aliphatic rings. The van der Waals surface area contributed by atoms with Gasteiger partial charge in [0.2, 0.25) is 0 Å². The molecule has 0 aromatic heterocycles. The average Bonchev–Trinajstić information content (AvgIpc) is 2.92. The zero-order valence-electron chi connectivity index (χ0n) is 22.9. The van der Waals surface area contributed by atoms with E-state index in [9.17, 15) is 23.2 Å². The maximum Gasteiger partial charge on any atom is 0.390 e. The first-order chi connectivity index (χ1) is 19.4. The van der Waals surface area contributed by atoms with E-state index in [1.807, 2.05) is 0 Å². The maximum absolute atomic E-state index is 13.0. The average molecular weight is 610 g/mol. The van der Waals surface area contributed by atoms with Crippen LogP contribution in [0.5, 0.6) is 0 Å². The lowest BCUT2D eigenvalue weighted by Crippen LogP contribution is -2.46. The van der Waals surface area contributed by atoms with Crippen molar-refractivity contribution in [2.75, 3.05) is 13.1 Å². The number of allylic oxidation sites excluding steroid dienone is 1. The summed E-state index contributed by atoms with van der Waals surface area (Å²) >= 11 is 11.9. The van der Waals surface area contributed by atoms with Gasteiger partial charge in [-0.1, -0.05) is 49.5 Å². The Kier molecular flexibility index (Phi) is 13.2. The standard InChI is InChI=1S/C26H25Cl2F3N6O.C3H8/c27-18-7-5-17(6-8-18)24(34)37(11-10-26(29,30)31)25(38)35-15-22(33)21-9-4-16(14-32)12-23(21)36-20-3-1-2-19(28)13-20;1-3-2/h1-3,5-8,13,16,34H,4,9-12,15,33H2,(H,35,38);3H2,1-2H3/b22-21-,34-24?,36-23?;. The van der Waals surface area contributed by atoms with Crippen molar-refractivity contribution in [1.82, 2.24) is 10.2 Å². The van der Waals surface area contributed by atoms with Crippen LogP contribution in [0.15, 0.2) is 64.8 Å². The lowest BCUT2D eigenvalue weighted by atomic mass is 9.84. The highest BCUT2D eigenvalue weighted by molar-refractivity contribution is 6.31. The normalized spacial score (nSPS) is 17.1. The fourth-order valence-electron chi connectivity index (χ4n) is 3.88. The third kappa shape index (κ3) is 11.1. The summed E-state index contributed by atoms with van der Waals surface area (Å²) in [5.74, 6) is -0.663. The van der Waals surface area contributed by atoms with Gasteiger partial charge in [-0.05, 0) is 60.9 Å². The number of hydrogen-bond donors (Lipinski definition) is 3. The first kappa shape index (κ1) is 33.7. The smallest absolute Gasteiger partial charge is 0.390 e. The molecule has 1 fully saturated rings. The number of amides is 2. The molecule has 2 amide bonds. The van der Waals surface area contributed by atoms with Gasteiger partial charge in [0.1, 0.15) is 5.84 Å². The van der Waals surface area contributed by atoms with Gasteiger partial charge in [-0.2, -0.15) is 18.4 Å². The quantitative estimate of drug-likeness (QED) is 0.227. The van der Waals surface area contributed by atoms with E-state index in [0.717, 1.165) is 0 Å². The highest BCUT2D eigenvalue weighted by atomic mass is 35.5. The topological polar surface area (TPSA) is 118 Å². The molecule has 2 aromatic carbocycles. The van der Waals surface area contributed by atoms with Gasteiger partial charge >= 0.3 is 12.2 Å². The molecule has 1 unspecified atom stereocenters. The first-order valence-corrected chi connectivity index (χ1v) is 13.8. The van der Waals surface area contributed by atoms with Gasteiger partial charge in [0.25, 0.3) is 0 Å². The van der Waals surface area contributed by atoms with Crippen LogP contribution in [0.4, 0.5) is 23.7 Å². The van der Waals surface area contributed by atoms with Crippen LogP contribution in [0.25, 0.3) is 0 Å². The van der Waals surface area contributed by atoms with Crippen molar-refractivity contribution in [2.45, 2.75) is 52.1 Å². The van der Waals surface area contributed by atoms with Crippen molar-refractivity contribution in [3.05, 3.63) is 75.4 Å². The summed E-state index contributed by atoms with van der Waals surface area (Å²) in [4.78, 5) is 18.3. The molecule has 2 aromatic rings. The molecule has 4 N–H and O–H groups in total. The minimum absolute atomic E-state index is 0.184. The summed E-state index contributed by atoms with van der Waals surface area (Å²) < 4.78 is 38.8. The van der Waals surface area contributed by atoms with Crippen molar-refractivity contribution in [1.29, 1.82) is 10.7 Å². The Balaban J connectivity index is 0.00000187. The molecule has 1 atom stereocenters. The number of alkyl halides is 3. The highest BCUT2D eigenvalue weighted by Crippen LogP contribution is 2.30. The third-order valence-corrected chi connectivity index (χ3v) is 6.34. The maximum atomic E-state index is 13.0. The third-order valence-electron chi connectivity index (χ3n) is 5.86. The molecular formula is C29H33Cl2F3N6O. The second kappa shape index (κ2) is 16.0. The molecule has 0 saturated heterocycles. The Morgan fingerprint density at radius 2 is 1.85 bits per heavy atom. The Labute approximate surface area is 248 Å². The lowest BCUT2D eigenvalue weighted by Gasteiger charge is -2.26. The predicted molar refractivity (Wildman–Crippen MR) is 158 cm³/mol. The highest BCUT2D eigenvalue weighted by Gasteiger charge is 2.31. The summed E-state index contributed by atoms with van der Waals surface area (Å²) in [5, 5.41) is 21.2. The number of carbonyl (C=O) groups is 1. The molecule has 41 heavy (non-hydrogen) atoms. The van der Waals surface area contributed by atoms with E-state index in [4.69, 9.17) is 34.3 Å². The number of benzene rings is 2. The number of nitrogens with two attached hydrogens (primary N) is 1. The van der Waals surface area contributed by atoms with Crippen molar-refractivity contribution < 1.29 is 18.0 Å². The molecule has 1 aliphatic carbocycles. The molecule has 0 aliphatic heterocycles. The van der Waals surface area contributed by atoms with Crippen molar-refractivity contribution in [2.24, 2.45) is 16.6 Å². The zero-order valence-corrected chi connectivity index (χ0v) is 24.4. The Bertz CT molecular complexity index is 1300. The summed E-state index contributed by atoms with van der Waals surface area (Å²) in [6.45, 7) is 3.31. The van der Waals surface area contributed by atoms with E-state index >= 15 is 0 Å². The SMILES string of the molecule is CCC.N#CC1CC/C(=C(/N)CNC(=O)N(CCC(F)(F)F)C(=N)c2ccc(Cl)cc2)C(=Nc2cccc(Cl)c2)C1. The van der Waals surface area contributed by atoms with Gasteiger partial charge in [0.15, 0.2) is 0 Å². The van der Waals surface area contributed by atoms with Crippen LogP contribution in [0, 0.1) is 22.7 Å². The number of aliphatic imine (C=N–C) groups is 1. The molecule has 0 radical (unpaired) electrons. The van der Waals surface area contributed by atoms with E-state index in [-0.39, 0.29) is 23.7 Å². The number of nitrogens with zero attached hydrogens (tertiary/aromatic N) is 3. The van der Waals surface area contributed by atoms with Crippen molar-refractivity contribution in [3.8, 4) is 6.07 Å². The Morgan fingerprint density at radius 3 is 2.44 bits per heavy atom. The van der Waals surface area contributed by atoms with Crippen LogP contribution in [-0.4, -0.2) is 41.7 Å². The summed E-state index contributed by atoms with van der Waals surface area (Å²) in [6.07, 6.45) is -3.22. The van der Waals surface area contributed by atoms with Gasteiger partial charge in [-0.3, -0.25) is 15.3 Å². The molecule has 7 nitrogen and oxygen atoms in total. The number of nitriles is 1. The van der Waals surface area contributed by atoms with Crippen LogP contribution in [0.1, 0.15) is 51.5 Å². The van der Waals surface area contributed by atoms with E-state index in [2.05, 4.69) is 30.2 Å². The van der Waals surface area contributed by atoms with Crippen LogP contribution < -0.4 is 11.1 Å². The fraction of sp³-hybridized carbons (Fsp3) is 0.379. The summed E-state index contributed by atoms with van der Waals surface area (Å²) in [7, 11) is 0. The fourth-order valence-corrected chi connectivity index (χ4v) is 4.19. The van der Waals surface area contributed by atoms with E-state index in [1.165, 1.54) is 30.7 Å². The number of rotatable bonds is 6. The molecule has 0 spiro atoms. The molecule has 3 rings (SSSR count). The second-order valence-electron chi connectivity index (χ2n) is 9.35. The van der Waals surface area contributed by atoms with E-state index < -0.39 is 31.0 Å². The Morgan fingerprint density at radius 1 is 1.20 bits per heavy atom. The number of amidine groups is 1. The second-order valence-corrected chi connectivity index (χ2v) is 10.2. The van der Waals surface area contributed by atoms with Crippen molar-refractivity contribution >= 4 is 46.5 Å². The summed E-state index contributed by atoms with van der Waals surface area (Å²) in [6, 6.07) is 14.1. The lowest BCUT2D eigenvalue weighted by molar-refractivity contribution is -0.135. The van der Waals surface area contributed by atoms with Crippen LogP contribution >= 0.6 is 23.2 Å². The van der Waals surface area contributed by atoms with Crippen LogP contribution in [-0.2, 0) is 0 Å². The number of urea groups is 1. The van der Waals surface area contributed by atoms with Gasteiger partial charge in [-0.25, -0.2) is 4.79 Å². The van der Waals surface area contributed by atoms with E-state index in [0.29, 0.717) is 51.2 Å². The van der Waals surface area contributed by atoms with Crippen LogP contribution in [0.2, 0.25) is 10.0 Å². The monoisotopic (exact) mass is 608 g/mol. The molecule has 0 heterocycles. The molecule has 220 valence electrons. The molecular weight excluding hydrogens is 576 g/mol. The predicted octanol–water partition coefficient (Wildman–Crippen LogP) is 8.01. The van der Waals surface area contributed by atoms with Gasteiger partial charge in [0, 0.05) is 40.0 Å². The van der Waals surface area contributed by atoms with Crippen LogP contribution in [0.3, 0.4) is 0 Å². The minimum Gasteiger partial charge on any atom is -0.400 e. The molecule has 1 saturated carbocycles. The zero-order chi connectivity index (χ0) is 30.6. The van der Waals surface area contributed by atoms with Gasteiger partial charge in [-0.15, -0.1) is 0 Å². The van der Waals surface area contributed by atoms with Crippen molar-refractivity contribution in [3.63, 3.8) is 0 Å². The molecule has 12 heteroatoms. The number of halogens is 5. The molecule has 0 bridgehead atoms. The Hall–Kier alpha value is -3.55. The number of hydrogen-bond acceptors (Lipinski definition) is 5. The number of carbonyl (C=O) groups excluding carboxylic acids is 1. The van der Waals surface area contributed by atoms with E-state index in [1.54, 1.807) is 24.3 Å². The van der Waals surface area contributed by atoms with Gasteiger partial charge in [0.05, 0.1) is 30.6 Å². The minimum atomic E-state index is -4.52.